The number of carbonyl (C=O) groups is 1. The Labute approximate surface area is 131 Å². The van der Waals surface area contributed by atoms with Crippen molar-refractivity contribution in [2.45, 2.75) is 52.4 Å². The normalized spacial score (nSPS) is 24.1. The third-order valence-corrected chi connectivity index (χ3v) is 4.90. The van der Waals surface area contributed by atoms with Crippen molar-refractivity contribution in [3.05, 3.63) is 21.9 Å². The zero-order valence-corrected chi connectivity index (χ0v) is 14.4. The maximum atomic E-state index is 12.7. The molecule has 0 aliphatic carbocycles. The van der Waals surface area contributed by atoms with E-state index in [1.165, 1.54) is 9.75 Å². The topological polar surface area (TPSA) is 41.6 Å². The third kappa shape index (κ3) is 3.84. The zero-order chi connectivity index (χ0) is 15.6. The molecule has 0 spiro atoms. The Balaban J connectivity index is 2.20. The van der Waals surface area contributed by atoms with Gasteiger partial charge in [0.1, 0.15) is 6.17 Å². The van der Waals surface area contributed by atoms with E-state index in [-0.39, 0.29) is 24.2 Å². The number of methoxy groups -OCH3 is 1. The average molecular weight is 310 g/mol. The Hall–Kier alpha value is -0.910. The molecule has 1 aromatic rings. The van der Waals surface area contributed by atoms with Crippen molar-refractivity contribution in [1.82, 2.24) is 10.2 Å². The summed E-state index contributed by atoms with van der Waals surface area (Å²) in [6, 6.07) is 4.15. The minimum Gasteiger partial charge on any atom is -0.380 e. The van der Waals surface area contributed by atoms with Gasteiger partial charge in [0.05, 0.1) is 12.1 Å². The van der Waals surface area contributed by atoms with Gasteiger partial charge < -0.3 is 9.64 Å². The van der Waals surface area contributed by atoms with E-state index in [0.29, 0.717) is 12.5 Å². The van der Waals surface area contributed by atoms with Crippen LogP contribution in [0.2, 0.25) is 0 Å². The summed E-state index contributed by atoms with van der Waals surface area (Å²) in [6.07, 6.45) is 0.895. The van der Waals surface area contributed by atoms with Crippen molar-refractivity contribution < 1.29 is 9.53 Å². The molecule has 0 saturated carbocycles. The van der Waals surface area contributed by atoms with Crippen molar-refractivity contribution in [3.63, 3.8) is 0 Å². The summed E-state index contributed by atoms with van der Waals surface area (Å²) < 4.78 is 5.35. The van der Waals surface area contributed by atoms with Crippen LogP contribution in [0, 0.1) is 12.8 Å². The molecule has 4 nitrogen and oxygen atoms in total. The SMILES string of the molecule is COC(C)CN1C(=O)C(CC(C)C)NC1c1ccc(C)s1. The predicted octanol–water partition coefficient (Wildman–Crippen LogP) is 2.94. The molecule has 5 heteroatoms. The van der Waals surface area contributed by atoms with E-state index in [9.17, 15) is 4.79 Å². The first-order valence-electron chi connectivity index (χ1n) is 7.58. The van der Waals surface area contributed by atoms with Crippen LogP contribution in [0.3, 0.4) is 0 Å². The molecule has 1 fully saturated rings. The molecule has 1 saturated heterocycles. The molecule has 2 rings (SSSR count). The number of ether oxygens (including phenoxy) is 1. The van der Waals surface area contributed by atoms with Crippen LogP contribution in [0.4, 0.5) is 0 Å². The molecule has 1 aliphatic heterocycles. The smallest absolute Gasteiger partial charge is 0.241 e. The molecule has 3 atom stereocenters. The Morgan fingerprint density at radius 1 is 1.38 bits per heavy atom. The van der Waals surface area contributed by atoms with Gasteiger partial charge in [-0.1, -0.05) is 13.8 Å². The van der Waals surface area contributed by atoms with Crippen molar-refractivity contribution in [1.29, 1.82) is 0 Å². The van der Waals surface area contributed by atoms with Gasteiger partial charge in [0.2, 0.25) is 5.91 Å². The number of rotatable bonds is 6. The van der Waals surface area contributed by atoms with Crippen LogP contribution in [-0.4, -0.2) is 36.6 Å². The fraction of sp³-hybridized carbons (Fsp3) is 0.688. The first kappa shape index (κ1) is 16.5. The highest BCUT2D eigenvalue weighted by Crippen LogP contribution is 2.32. The van der Waals surface area contributed by atoms with Gasteiger partial charge in [0.15, 0.2) is 0 Å². The second-order valence-corrected chi connectivity index (χ2v) is 7.56. The fourth-order valence-electron chi connectivity index (χ4n) is 2.70. The quantitative estimate of drug-likeness (QED) is 0.878. The Morgan fingerprint density at radius 3 is 2.62 bits per heavy atom. The molecule has 0 radical (unpaired) electrons. The first-order valence-corrected chi connectivity index (χ1v) is 8.39. The van der Waals surface area contributed by atoms with E-state index < -0.39 is 0 Å². The number of nitrogens with zero attached hydrogens (tertiary/aromatic N) is 1. The first-order chi connectivity index (χ1) is 9.92. The van der Waals surface area contributed by atoms with Gasteiger partial charge in [-0.25, -0.2) is 0 Å². The molecule has 118 valence electrons. The molecule has 1 aromatic heterocycles. The number of carbonyl (C=O) groups excluding carboxylic acids is 1. The standard InChI is InChI=1S/C16H26N2O2S/c1-10(2)8-13-16(19)18(9-11(3)20-5)15(17-13)14-7-6-12(4)21-14/h6-7,10-11,13,15,17H,8-9H2,1-5H3. The van der Waals surface area contributed by atoms with E-state index in [4.69, 9.17) is 4.74 Å². The molecule has 1 amide bonds. The summed E-state index contributed by atoms with van der Waals surface area (Å²) in [4.78, 5) is 17.1. The molecule has 1 N–H and O–H groups in total. The lowest BCUT2D eigenvalue weighted by atomic mass is 10.0. The number of hydrogen-bond donors (Lipinski definition) is 1. The minimum atomic E-state index is -0.0820. The van der Waals surface area contributed by atoms with Gasteiger partial charge >= 0.3 is 0 Å². The molecule has 21 heavy (non-hydrogen) atoms. The van der Waals surface area contributed by atoms with Gasteiger partial charge in [0.25, 0.3) is 0 Å². The summed E-state index contributed by atoms with van der Waals surface area (Å²) >= 11 is 1.75. The van der Waals surface area contributed by atoms with E-state index >= 15 is 0 Å². The van der Waals surface area contributed by atoms with Crippen LogP contribution in [0.15, 0.2) is 12.1 Å². The highest BCUT2D eigenvalue weighted by molar-refractivity contribution is 7.12. The van der Waals surface area contributed by atoms with Crippen LogP contribution in [-0.2, 0) is 9.53 Å². The van der Waals surface area contributed by atoms with Gasteiger partial charge in [0, 0.05) is 23.4 Å². The monoisotopic (exact) mass is 310 g/mol. The van der Waals surface area contributed by atoms with E-state index in [1.807, 2.05) is 11.8 Å². The summed E-state index contributed by atoms with van der Waals surface area (Å²) in [5.41, 5.74) is 0. The van der Waals surface area contributed by atoms with Crippen LogP contribution in [0.25, 0.3) is 0 Å². The summed E-state index contributed by atoms with van der Waals surface area (Å²) in [5.74, 6) is 0.695. The average Bonchev–Trinajstić information content (AvgIpc) is 2.96. The van der Waals surface area contributed by atoms with Crippen LogP contribution < -0.4 is 5.32 Å². The van der Waals surface area contributed by atoms with E-state index in [2.05, 4.69) is 38.2 Å². The van der Waals surface area contributed by atoms with Crippen LogP contribution in [0.1, 0.15) is 43.1 Å². The highest BCUT2D eigenvalue weighted by Gasteiger charge is 2.40. The zero-order valence-electron chi connectivity index (χ0n) is 13.6. The lowest BCUT2D eigenvalue weighted by molar-refractivity contribution is -0.131. The predicted molar refractivity (Wildman–Crippen MR) is 86.4 cm³/mol. The van der Waals surface area contributed by atoms with E-state index in [0.717, 1.165) is 6.42 Å². The van der Waals surface area contributed by atoms with Crippen molar-refractivity contribution in [2.24, 2.45) is 5.92 Å². The molecule has 1 aliphatic rings. The number of hydrogen-bond acceptors (Lipinski definition) is 4. The Bertz CT molecular complexity index is 486. The molecule has 0 bridgehead atoms. The second-order valence-electron chi connectivity index (χ2n) is 6.24. The van der Waals surface area contributed by atoms with Crippen LogP contribution >= 0.6 is 11.3 Å². The highest BCUT2D eigenvalue weighted by atomic mass is 32.1. The maximum Gasteiger partial charge on any atom is 0.241 e. The third-order valence-electron chi connectivity index (χ3n) is 3.85. The molecular formula is C16H26N2O2S. The van der Waals surface area contributed by atoms with Gasteiger partial charge in [-0.05, 0) is 38.3 Å². The minimum absolute atomic E-state index is 0.0162. The molecule has 0 aromatic carbocycles. The van der Waals surface area contributed by atoms with E-state index in [1.54, 1.807) is 18.4 Å². The van der Waals surface area contributed by atoms with Crippen molar-refractivity contribution >= 4 is 17.2 Å². The Morgan fingerprint density at radius 2 is 2.10 bits per heavy atom. The summed E-state index contributed by atoms with van der Waals surface area (Å²) in [6.45, 7) is 9.02. The molecule has 3 unspecified atom stereocenters. The number of nitrogens with one attached hydrogen (secondary N) is 1. The lowest BCUT2D eigenvalue weighted by Crippen LogP contribution is -2.37. The Kier molecular flexibility index (Phi) is 5.41. The van der Waals surface area contributed by atoms with Crippen molar-refractivity contribution in [2.75, 3.05) is 13.7 Å². The number of amides is 1. The number of aryl methyl sites for hydroxylation is 1. The summed E-state index contributed by atoms with van der Waals surface area (Å²) in [7, 11) is 1.69. The lowest BCUT2D eigenvalue weighted by Gasteiger charge is -2.25. The van der Waals surface area contributed by atoms with Gasteiger partial charge in [-0.2, -0.15) is 0 Å². The second kappa shape index (κ2) is 6.90. The van der Waals surface area contributed by atoms with Crippen molar-refractivity contribution in [3.8, 4) is 0 Å². The van der Waals surface area contributed by atoms with Crippen LogP contribution in [0.5, 0.6) is 0 Å². The molecule has 2 heterocycles. The fourth-order valence-corrected chi connectivity index (χ4v) is 3.65. The van der Waals surface area contributed by atoms with Gasteiger partial charge in [-0.3, -0.25) is 10.1 Å². The molecular weight excluding hydrogens is 284 g/mol. The summed E-state index contributed by atoms with van der Waals surface area (Å²) in [5, 5.41) is 3.51. The maximum absolute atomic E-state index is 12.7. The largest absolute Gasteiger partial charge is 0.380 e. The number of thiophene rings is 1. The van der Waals surface area contributed by atoms with Gasteiger partial charge in [-0.15, -0.1) is 11.3 Å².